The van der Waals surface area contributed by atoms with Crippen molar-refractivity contribution in [1.82, 2.24) is 5.32 Å². The van der Waals surface area contributed by atoms with Crippen LogP contribution in [0.5, 0.6) is 17.2 Å². The van der Waals surface area contributed by atoms with E-state index < -0.39 is 0 Å². The fourth-order valence-electron chi connectivity index (χ4n) is 4.21. The van der Waals surface area contributed by atoms with Gasteiger partial charge >= 0.3 is 0 Å². The highest BCUT2D eigenvalue weighted by molar-refractivity contribution is 6.13. The molecule has 0 saturated carbocycles. The van der Waals surface area contributed by atoms with Gasteiger partial charge in [0.05, 0.1) is 20.8 Å². The molecule has 0 amide bonds. The second-order valence-corrected chi connectivity index (χ2v) is 8.28. The standard InChI is InChI=1S/C28H31NO4/c1-31-23-10-6-20(7-11-23)27-19-25(32-2)14-15-26(27)28(30)21-8-12-24(13-9-21)33-18-16-22-5-3-4-17-29-22/h6-15,19,22,29H,3-5,16-18H2,1-2H3. The minimum Gasteiger partial charge on any atom is -0.497 e. The molecule has 1 N–H and O–H groups in total. The van der Waals surface area contributed by atoms with Gasteiger partial charge in [-0.1, -0.05) is 18.6 Å². The van der Waals surface area contributed by atoms with Gasteiger partial charge in [-0.3, -0.25) is 4.79 Å². The van der Waals surface area contributed by atoms with Crippen LogP contribution < -0.4 is 19.5 Å². The highest BCUT2D eigenvalue weighted by Crippen LogP contribution is 2.31. The Labute approximate surface area is 195 Å². The van der Waals surface area contributed by atoms with E-state index in [9.17, 15) is 4.79 Å². The maximum Gasteiger partial charge on any atom is 0.193 e. The largest absolute Gasteiger partial charge is 0.497 e. The molecule has 0 aliphatic carbocycles. The van der Waals surface area contributed by atoms with E-state index in [1.807, 2.05) is 66.7 Å². The van der Waals surface area contributed by atoms with Gasteiger partial charge in [0.1, 0.15) is 17.2 Å². The summed E-state index contributed by atoms with van der Waals surface area (Å²) >= 11 is 0. The van der Waals surface area contributed by atoms with Crippen molar-refractivity contribution < 1.29 is 19.0 Å². The summed E-state index contributed by atoms with van der Waals surface area (Å²) in [5.74, 6) is 2.21. The summed E-state index contributed by atoms with van der Waals surface area (Å²) in [5, 5.41) is 3.54. The van der Waals surface area contributed by atoms with Crippen LogP contribution in [0, 0.1) is 0 Å². The minimum atomic E-state index is -0.0403. The molecule has 1 unspecified atom stereocenters. The summed E-state index contributed by atoms with van der Waals surface area (Å²) < 4.78 is 16.6. The number of hydrogen-bond acceptors (Lipinski definition) is 5. The molecule has 1 atom stereocenters. The van der Waals surface area contributed by atoms with Crippen LogP contribution in [0.2, 0.25) is 0 Å². The van der Waals surface area contributed by atoms with Crippen LogP contribution in [0.25, 0.3) is 11.1 Å². The van der Waals surface area contributed by atoms with E-state index in [-0.39, 0.29) is 5.78 Å². The van der Waals surface area contributed by atoms with Crippen molar-refractivity contribution >= 4 is 5.78 Å². The zero-order valence-electron chi connectivity index (χ0n) is 19.3. The molecule has 1 aliphatic heterocycles. The van der Waals surface area contributed by atoms with E-state index in [2.05, 4.69) is 5.32 Å². The molecule has 0 spiro atoms. The summed E-state index contributed by atoms with van der Waals surface area (Å²) in [4.78, 5) is 13.4. The first-order valence-electron chi connectivity index (χ1n) is 11.5. The summed E-state index contributed by atoms with van der Waals surface area (Å²) in [6.45, 7) is 1.77. The molecule has 5 nitrogen and oxygen atoms in total. The normalized spacial score (nSPS) is 15.6. The number of carbonyl (C=O) groups is 1. The minimum absolute atomic E-state index is 0.0403. The smallest absolute Gasteiger partial charge is 0.193 e. The van der Waals surface area contributed by atoms with Crippen LogP contribution in [0.4, 0.5) is 0 Å². The van der Waals surface area contributed by atoms with E-state index in [0.717, 1.165) is 35.6 Å². The predicted molar refractivity (Wildman–Crippen MR) is 131 cm³/mol. The van der Waals surface area contributed by atoms with E-state index >= 15 is 0 Å². The zero-order valence-corrected chi connectivity index (χ0v) is 19.3. The van der Waals surface area contributed by atoms with E-state index in [1.165, 1.54) is 19.3 Å². The lowest BCUT2D eigenvalue weighted by atomic mass is 9.93. The van der Waals surface area contributed by atoms with E-state index in [0.29, 0.717) is 29.5 Å². The van der Waals surface area contributed by atoms with Gasteiger partial charge in [0.2, 0.25) is 0 Å². The van der Waals surface area contributed by atoms with Crippen molar-refractivity contribution in [1.29, 1.82) is 0 Å². The zero-order chi connectivity index (χ0) is 23.0. The van der Waals surface area contributed by atoms with Crippen molar-refractivity contribution in [2.24, 2.45) is 0 Å². The SMILES string of the molecule is COc1ccc(-c2cc(OC)ccc2C(=O)c2ccc(OCCC3CCCCN3)cc2)cc1. The maximum atomic E-state index is 13.4. The van der Waals surface area contributed by atoms with Gasteiger partial charge < -0.3 is 19.5 Å². The molecule has 3 aromatic carbocycles. The fraction of sp³-hybridized carbons (Fsp3) is 0.321. The van der Waals surface area contributed by atoms with Crippen LogP contribution in [-0.4, -0.2) is 39.2 Å². The first-order valence-corrected chi connectivity index (χ1v) is 11.5. The summed E-state index contributed by atoms with van der Waals surface area (Å²) in [5.41, 5.74) is 2.99. The van der Waals surface area contributed by atoms with Gasteiger partial charge in [-0.15, -0.1) is 0 Å². The number of piperidine rings is 1. The van der Waals surface area contributed by atoms with Gasteiger partial charge in [-0.2, -0.15) is 0 Å². The molecule has 1 aliphatic rings. The number of hydrogen-bond donors (Lipinski definition) is 1. The first-order chi connectivity index (χ1) is 16.2. The van der Waals surface area contributed by atoms with Gasteiger partial charge in [0.15, 0.2) is 5.78 Å². The van der Waals surface area contributed by atoms with Gasteiger partial charge in [-0.05, 0) is 91.5 Å². The summed E-state index contributed by atoms with van der Waals surface area (Å²) in [6.07, 6.45) is 4.77. The summed E-state index contributed by atoms with van der Waals surface area (Å²) in [7, 11) is 3.26. The maximum absolute atomic E-state index is 13.4. The third-order valence-electron chi connectivity index (χ3n) is 6.14. The number of ether oxygens (including phenoxy) is 3. The van der Waals surface area contributed by atoms with Crippen LogP contribution in [0.15, 0.2) is 66.7 Å². The van der Waals surface area contributed by atoms with Gasteiger partial charge in [0.25, 0.3) is 0 Å². The highest BCUT2D eigenvalue weighted by Gasteiger charge is 2.17. The molecular formula is C28H31NO4. The van der Waals surface area contributed by atoms with Crippen LogP contribution in [0.1, 0.15) is 41.6 Å². The predicted octanol–water partition coefficient (Wildman–Crippen LogP) is 5.51. The van der Waals surface area contributed by atoms with Gasteiger partial charge in [0, 0.05) is 17.2 Å². The molecule has 0 radical (unpaired) electrons. The monoisotopic (exact) mass is 445 g/mol. The number of rotatable bonds is 9. The Morgan fingerprint density at radius 1 is 0.879 bits per heavy atom. The Morgan fingerprint density at radius 2 is 1.58 bits per heavy atom. The van der Waals surface area contributed by atoms with Crippen molar-refractivity contribution in [2.45, 2.75) is 31.7 Å². The summed E-state index contributed by atoms with van der Waals surface area (Å²) in [6, 6.07) is 21.2. The Hall–Kier alpha value is -3.31. The third kappa shape index (κ3) is 5.74. The van der Waals surface area contributed by atoms with Crippen LogP contribution in [0.3, 0.4) is 0 Å². The average molecular weight is 446 g/mol. The molecular weight excluding hydrogens is 414 g/mol. The highest BCUT2D eigenvalue weighted by atomic mass is 16.5. The quantitative estimate of drug-likeness (QED) is 0.440. The van der Waals surface area contributed by atoms with Crippen LogP contribution >= 0.6 is 0 Å². The number of benzene rings is 3. The Kier molecular flexibility index (Phi) is 7.63. The topological polar surface area (TPSA) is 56.8 Å². The number of carbonyl (C=O) groups excluding carboxylic acids is 1. The average Bonchev–Trinajstić information content (AvgIpc) is 2.89. The van der Waals surface area contributed by atoms with Crippen molar-refractivity contribution in [2.75, 3.05) is 27.4 Å². The Morgan fingerprint density at radius 3 is 2.24 bits per heavy atom. The second kappa shape index (κ2) is 11.0. The molecule has 1 fully saturated rings. The van der Waals surface area contributed by atoms with Gasteiger partial charge in [-0.25, -0.2) is 0 Å². The first kappa shape index (κ1) is 22.9. The molecule has 172 valence electrons. The second-order valence-electron chi connectivity index (χ2n) is 8.28. The molecule has 5 heteroatoms. The van der Waals surface area contributed by atoms with Crippen molar-refractivity contribution in [3.05, 3.63) is 77.9 Å². The molecule has 0 aromatic heterocycles. The fourth-order valence-corrected chi connectivity index (χ4v) is 4.21. The molecule has 1 saturated heterocycles. The lowest BCUT2D eigenvalue weighted by Crippen LogP contribution is -2.35. The van der Waals surface area contributed by atoms with Crippen molar-refractivity contribution in [3.63, 3.8) is 0 Å². The Balaban J connectivity index is 1.48. The Bertz CT molecular complexity index is 1050. The molecule has 0 bridgehead atoms. The lowest BCUT2D eigenvalue weighted by molar-refractivity contribution is 0.103. The van der Waals surface area contributed by atoms with E-state index in [1.54, 1.807) is 14.2 Å². The molecule has 4 rings (SSSR count). The number of nitrogens with one attached hydrogen (secondary N) is 1. The van der Waals surface area contributed by atoms with Crippen LogP contribution in [-0.2, 0) is 0 Å². The third-order valence-corrected chi connectivity index (χ3v) is 6.14. The van der Waals surface area contributed by atoms with Crippen molar-refractivity contribution in [3.8, 4) is 28.4 Å². The molecule has 1 heterocycles. The van der Waals surface area contributed by atoms with E-state index in [4.69, 9.17) is 14.2 Å². The molecule has 33 heavy (non-hydrogen) atoms. The number of ketones is 1. The lowest BCUT2D eigenvalue weighted by Gasteiger charge is -2.23. The number of methoxy groups -OCH3 is 2. The molecule has 3 aromatic rings.